The standard InChI is InChI=1S/C20H27BN4O3/c1-19(2)20(3,4)28-21(27-19)15-7-8-17-16(11-15)18(23-24(17)5)14-12-22-25(13-14)9-10-26-6/h7-8,11-13H,9-10H2,1-6H3. The van der Waals surface area contributed by atoms with Crippen LogP contribution in [0.1, 0.15) is 27.7 Å². The summed E-state index contributed by atoms with van der Waals surface area (Å²) in [4.78, 5) is 0. The summed E-state index contributed by atoms with van der Waals surface area (Å²) < 4.78 is 21.3. The predicted molar refractivity (Wildman–Crippen MR) is 110 cm³/mol. The monoisotopic (exact) mass is 382 g/mol. The van der Waals surface area contributed by atoms with Crippen molar-refractivity contribution in [1.82, 2.24) is 19.6 Å². The SMILES string of the molecule is COCCn1cc(-c2nn(C)c3ccc(B4OC(C)(C)C(C)(C)O4)cc23)cn1. The molecule has 1 aliphatic rings. The van der Waals surface area contributed by atoms with E-state index in [0.717, 1.165) is 27.6 Å². The lowest BCUT2D eigenvalue weighted by atomic mass is 9.78. The molecule has 28 heavy (non-hydrogen) atoms. The third-order valence-electron chi connectivity index (χ3n) is 5.83. The molecular formula is C20H27BN4O3. The van der Waals surface area contributed by atoms with Gasteiger partial charge in [-0.2, -0.15) is 10.2 Å². The summed E-state index contributed by atoms with van der Waals surface area (Å²) in [7, 11) is 3.25. The molecular weight excluding hydrogens is 355 g/mol. The van der Waals surface area contributed by atoms with E-state index in [1.54, 1.807) is 7.11 Å². The third-order valence-corrected chi connectivity index (χ3v) is 5.83. The van der Waals surface area contributed by atoms with Crippen molar-refractivity contribution in [3.05, 3.63) is 30.6 Å². The quantitative estimate of drug-likeness (QED) is 0.634. The fraction of sp³-hybridized carbons (Fsp3) is 0.500. The van der Waals surface area contributed by atoms with Gasteiger partial charge < -0.3 is 14.0 Å². The number of rotatable bonds is 5. The predicted octanol–water partition coefficient (Wildman–Crippen LogP) is 2.38. The maximum absolute atomic E-state index is 6.22. The Morgan fingerprint density at radius 1 is 1.14 bits per heavy atom. The largest absolute Gasteiger partial charge is 0.494 e. The molecule has 0 bridgehead atoms. The van der Waals surface area contributed by atoms with Gasteiger partial charge in [-0.05, 0) is 39.2 Å². The van der Waals surface area contributed by atoms with E-state index in [-0.39, 0.29) is 11.2 Å². The molecule has 3 aromatic rings. The molecule has 0 amide bonds. The molecule has 2 aromatic heterocycles. The lowest BCUT2D eigenvalue weighted by Crippen LogP contribution is -2.41. The minimum atomic E-state index is -0.396. The number of aromatic nitrogens is 4. The fourth-order valence-electron chi connectivity index (χ4n) is 3.42. The van der Waals surface area contributed by atoms with Gasteiger partial charge in [0.1, 0.15) is 5.69 Å². The summed E-state index contributed by atoms with van der Waals surface area (Å²) in [5, 5.41) is 10.2. The van der Waals surface area contributed by atoms with Crippen LogP contribution in [0, 0.1) is 0 Å². The summed E-state index contributed by atoms with van der Waals surface area (Å²) in [6.45, 7) is 9.59. The van der Waals surface area contributed by atoms with Gasteiger partial charge in [-0.1, -0.05) is 12.1 Å². The molecule has 0 radical (unpaired) electrons. The highest BCUT2D eigenvalue weighted by molar-refractivity contribution is 6.62. The number of ether oxygens (including phenoxy) is 1. The van der Waals surface area contributed by atoms with Gasteiger partial charge in [0.25, 0.3) is 0 Å². The van der Waals surface area contributed by atoms with Crippen molar-refractivity contribution < 1.29 is 14.0 Å². The zero-order valence-corrected chi connectivity index (χ0v) is 17.4. The van der Waals surface area contributed by atoms with Gasteiger partial charge in [-0.25, -0.2) is 0 Å². The van der Waals surface area contributed by atoms with Crippen LogP contribution in [0.4, 0.5) is 0 Å². The lowest BCUT2D eigenvalue weighted by molar-refractivity contribution is 0.00578. The van der Waals surface area contributed by atoms with Crippen molar-refractivity contribution in [3.63, 3.8) is 0 Å². The van der Waals surface area contributed by atoms with E-state index < -0.39 is 7.12 Å². The zero-order chi connectivity index (χ0) is 20.1. The van der Waals surface area contributed by atoms with Crippen molar-refractivity contribution in [3.8, 4) is 11.3 Å². The number of hydrogen-bond donors (Lipinski definition) is 0. The molecule has 4 rings (SSSR count). The fourth-order valence-corrected chi connectivity index (χ4v) is 3.42. The number of hydrogen-bond acceptors (Lipinski definition) is 5. The topological polar surface area (TPSA) is 63.3 Å². The molecule has 1 aromatic carbocycles. The van der Waals surface area contributed by atoms with Crippen LogP contribution in [0.25, 0.3) is 22.2 Å². The first-order valence-electron chi connectivity index (χ1n) is 9.56. The first-order chi connectivity index (χ1) is 13.2. The Hall–Kier alpha value is -2.16. The molecule has 1 saturated heterocycles. The maximum Gasteiger partial charge on any atom is 0.494 e. The van der Waals surface area contributed by atoms with E-state index in [0.29, 0.717) is 13.2 Å². The Morgan fingerprint density at radius 3 is 2.54 bits per heavy atom. The number of nitrogens with zero attached hydrogens (tertiary/aromatic N) is 4. The highest BCUT2D eigenvalue weighted by Crippen LogP contribution is 2.37. The van der Waals surface area contributed by atoms with Gasteiger partial charge in [0, 0.05) is 31.3 Å². The Labute approximate surface area is 165 Å². The van der Waals surface area contributed by atoms with E-state index in [9.17, 15) is 0 Å². The van der Waals surface area contributed by atoms with Crippen LogP contribution in [0.5, 0.6) is 0 Å². The highest BCUT2D eigenvalue weighted by Gasteiger charge is 2.51. The molecule has 0 N–H and O–H groups in total. The molecule has 0 unspecified atom stereocenters. The summed E-state index contributed by atoms with van der Waals surface area (Å²) in [6, 6.07) is 6.24. The lowest BCUT2D eigenvalue weighted by Gasteiger charge is -2.32. The Kier molecular flexibility index (Phi) is 4.60. The van der Waals surface area contributed by atoms with E-state index >= 15 is 0 Å². The molecule has 7 nitrogen and oxygen atoms in total. The molecule has 148 valence electrons. The number of aryl methyl sites for hydroxylation is 1. The zero-order valence-electron chi connectivity index (χ0n) is 17.4. The normalized spacial score (nSPS) is 18.3. The Morgan fingerprint density at radius 2 is 1.86 bits per heavy atom. The highest BCUT2D eigenvalue weighted by atomic mass is 16.7. The van der Waals surface area contributed by atoms with Crippen LogP contribution >= 0.6 is 0 Å². The summed E-state index contributed by atoms with van der Waals surface area (Å²) in [5.74, 6) is 0. The van der Waals surface area contributed by atoms with E-state index in [1.165, 1.54) is 0 Å². The first-order valence-corrected chi connectivity index (χ1v) is 9.56. The molecule has 0 saturated carbocycles. The van der Waals surface area contributed by atoms with Crippen LogP contribution in [0.15, 0.2) is 30.6 Å². The van der Waals surface area contributed by atoms with Gasteiger partial charge in [-0.15, -0.1) is 0 Å². The van der Waals surface area contributed by atoms with E-state index in [1.807, 2.05) is 28.8 Å². The molecule has 0 atom stereocenters. The van der Waals surface area contributed by atoms with Gasteiger partial charge in [0.05, 0.1) is 36.1 Å². The van der Waals surface area contributed by atoms with E-state index in [4.69, 9.17) is 19.1 Å². The van der Waals surface area contributed by atoms with Crippen molar-refractivity contribution in [2.75, 3.05) is 13.7 Å². The second-order valence-corrected chi connectivity index (χ2v) is 8.32. The molecule has 0 aliphatic carbocycles. The number of benzene rings is 1. The maximum atomic E-state index is 6.22. The second kappa shape index (κ2) is 6.72. The minimum Gasteiger partial charge on any atom is -0.399 e. The molecule has 1 aliphatic heterocycles. The summed E-state index contributed by atoms with van der Waals surface area (Å²) in [6.07, 6.45) is 3.85. The summed E-state index contributed by atoms with van der Waals surface area (Å²) in [5.41, 5.74) is 3.19. The molecule has 3 heterocycles. The van der Waals surface area contributed by atoms with Crippen molar-refractivity contribution >= 4 is 23.5 Å². The van der Waals surface area contributed by atoms with Gasteiger partial charge in [0.2, 0.25) is 0 Å². The van der Waals surface area contributed by atoms with Crippen LogP contribution in [0.2, 0.25) is 0 Å². The average Bonchev–Trinajstić information content (AvgIpc) is 3.28. The van der Waals surface area contributed by atoms with Crippen LogP contribution in [-0.4, -0.2) is 51.6 Å². The van der Waals surface area contributed by atoms with Crippen molar-refractivity contribution in [2.24, 2.45) is 7.05 Å². The molecule has 8 heteroatoms. The first kappa shape index (κ1) is 19.2. The van der Waals surface area contributed by atoms with E-state index in [2.05, 4.69) is 51.0 Å². The smallest absolute Gasteiger partial charge is 0.399 e. The van der Waals surface area contributed by atoms with Gasteiger partial charge >= 0.3 is 7.12 Å². The van der Waals surface area contributed by atoms with Gasteiger partial charge in [0.15, 0.2) is 0 Å². The third kappa shape index (κ3) is 3.15. The molecule has 0 spiro atoms. The van der Waals surface area contributed by atoms with Crippen molar-refractivity contribution in [2.45, 2.75) is 45.4 Å². The Balaban J connectivity index is 1.72. The van der Waals surface area contributed by atoms with Crippen LogP contribution < -0.4 is 5.46 Å². The second-order valence-electron chi connectivity index (χ2n) is 8.32. The number of methoxy groups -OCH3 is 1. The van der Waals surface area contributed by atoms with Crippen LogP contribution in [0.3, 0.4) is 0 Å². The molecule has 1 fully saturated rings. The summed E-state index contributed by atoms with van der Waals surface area (Å²) >= 11 is 0. The van der Waals surface area contributed by atoms with Crippen LogP contribution in [-0.2, 0) is 27.6 Å². The van der Waals surface area contributed by atoms with Crippen molar-refractivity contribution in [1.29, 1.82) is 0 Å². The minimum absolute atomic E-state index is 0.368. The van der Waals surface area contributed by atoms with Gasteiger partial charge in [-0.3, -0.25) is 9.36 Å². The number of fused-ring (bicyclic) bond motifs is 1. The average molecular weight is 382 g/mol. The Bertz CT molecular complexity index is 992.